The molecule has 0 nitrogen and oxygen atoms in total. The zero-order valence-electron chi connectivity index (χ0n) is 4.59. The van der Waals surface area contributed by atoms with Crippen LogP contribution in [-0.4, -0.2) is 0 Å². The Labute approximate surface area is 78.6 Å². The Balaban J connectivity index is 3.28. The predicted octanol–water partition coefficient (Wildman–Crippen LogP) is 4.10. The maximum atomic E-state index is 5.58. The van der Waals surface area contributed by atoms with Crippen LogP contribution < -0.4 is 0 Å². The maximum Gasteiger partial charge on any atom is 0.0687 e. The van der Waals surface area contributed by atoms with Gasteiger partial charge in [-0.2, -0.15) is 0 Å². The molecule has 1 rings (SSSR count). The van der Waals surface area contributed by atoms with Gasteiger partial charge in [0, 0.05) is 6.07 Å². The second-order valence-corrected chi connectivity index (χ2v) is 3.16. The molecule has 0 N–H and O–H groups in total. The first-order valence-electron chi connectivity index (χ1n) is 2.33. The fourth-order valence-corrected chi connectivity index (χ4v) is 1.17. The summed E-state index contributed by atoms with van der Waals surface area (Å²) in [4.78, 5) is 0. The van der Waals surface area contributed by atoms with E-state index in [1.807, 2.05) is 0 Å². The molecule has 0 aliphatic carbocycles. The first-order chi connectivity index (χ1) is 4.61. The van der Waals surface area contributed by atoms with Crippen LogP contribution in [0.2, 0.25) is 20.1 Å². The Hall–Kier alpha value is 0.380. The largest absolute Gasteiger partial charge is 0.0826 e. The van der Waals surface area contributed by atoms with E-state index in [-0.39, 0.29) is 10.0 Å². The van der Waals surface area contributed by atoms with Gasteiger partial charge in [0.1, 0.15) is 0 Å². The van der Waals surface area contributed by atoms with Gasteiger partial charge >= 0.3 is 0 Å². The lowest BCUT2D eigenvalue weighted by molar-refractivity contribution is 1.68. The van der Waals surface area contributed by atoms with Gasteiger partial charge in [0.05, 0.1) is 20.1 Å². The summed E-state index contributed by atoms with van der Waals surface area (Å²) >= 11 is 22.3. The zero-order valence-corrected chi connectivity index (χ0v) is 7.61. The molecule has 4 heteroatoms. The molecule has 1 aromatic carbocycles. The van der Waals surface area contributed by atoms with Gasteiger partial charge in [-0.25, -0.2) is 0 Å². The first kappa shape index (κ1) is 8.48. The van der Waals surface area contributed by atoms with E-state index in [4.69, 9.17) is 46.4 Å². The van der Waals surface area contributed by atoms with Crippen molar-refractivity contribution in [2.75, 3.05) is 0 Å². The quantitative estimate of drug-likeness (QED) is 0.571. The fourth-order valence-electron chi connectivity index (χ4n) is 0.454. The second-order valence-electron chi connectivity index (χ2n) is 1.59. The number of benzene rings is 1. The molecule has 0 aliphatic rings. The molecule has 0 heterocycles. The van der Waals surface area contributed by atoms with Gasteiger partial charge in [0.15, 0.2) is 0 Å². The average Bonchev–Trinajstić information content (AvgIpc) is 1.84. The van der Waals surface area contributed by atoms with Crippen molar-refractivity contribution in [3.63, 3.8) is 0 Å². The van der Waals surface area contributed by atoms with E-state index in [0.29, 0.717) is 10.0 Å². The Morgan fingerprint density at radius 3 is 1.60 bits per heavy atom. The predicted molar refractivity (Wildman–Crippen MR) is 45.3 cm³/mol. The normalized spacial score (nSPS) is 10.0. The van der Waals surface area contributed by atoms with E-state index < -0.39 is 0 Å². The molecule has 0 atom stereocenters. The molecule has 0 spiro atoms. The summed E-state index contributed by atoms with van der Waals surface area (Å²) in [5.41, 5.74) is 0. The lowest BCUT2D eigenvalue weighted by Gasteiger charge is -1.96. The average molecular weight is 215 g/mol. The molecular weight excluding hydrogens is 214 g/mol. The molecule has 1 radical (unpaired) electrons. The number of hydrogen-bond acceptors (Lipinski definition) is 0. The molecule has 1 aromatic rings. The van der Waals surface area contributed by atoms with E-state index in [9.17, 15) is 0 Å². The Morgan fingerprint density at radius 2 is 1.30 bits per heavy atom. The standard InChI is InChI=1S/C6HCl4/c7-3-1-4(8)6(10)2-5(3)9/h1H. The third kappa shape index (κ3) is 1.70. The van der Waals surface area contributed by atoms with Crippen molar-refractivity contribution in [3.8, 4) is 0 Å². The van der Waals surface area contributed by atoms with Crippen LogP contribution in [0.3, 0.4) is 0 Å². The summed E-state index contributed by atoms with van der Waals surface area (Å²) in [6.07, 6.45) is 0. The SMILES string of the molecule is Clc1[c]c(Cl)c(Cl)cc1Cl. The monoisotopic (exact) mass is 213 g/mol. The molecule has 0 amide bonds. The van der Waals surface area contributed by atoms with Gasteiger partial charge in [0.25, 0.3) is 0 Å². The topological polar surface area (TPSA) is 0 Å². The number of rotatable bonds is 0. The van der Waals surface area contributed by atoms with Crippen LogP contribution in [0.5, 0.6) is 0 Å². The Morgan fingerprint density at radius 1 is 0.900 bits per heavy atom. The van der Waals surface area contributed by atoms with E-state index in [1.54, 1.807) is 0 Å². The van der Waals surface area contributed by atoms with Crippen molar-refractivity contribution < 1.29 is 0 Å². The number of hydrogen-bond donors (Lipinski definition) is 0. The van der Waals surface area contributed by atoms with Gasteiger partial charge in [-0.15, -0.1) is 0 Å². The van der Waals surface area contributed by atoms with E-state index >= 15 is 0 Å². The third-order valence-corrected chi connectivity index (χ3v) is 2.28. The van der Waals surface area contributed by atoms with Crippen LogP contribution >= 0.6 is 46.4 Å². The van der Waals surface area contributed by atoms with Crippen molar-refractivity contribution in [2.45, 2.75) is 0 Å². The summed E-state index contributed by atoms with van der Waals surface area (Å²) < 4.78 is 0. The Kier molecular flexibility index (Phi) is 2.70. The van der Waals surface area contributed by atoms with E-state index in [2.05, 4.69) is 6.07 Å². The molecule has 0 bridgehead atoms. The van der Waals surface area contributed by atoms with Crippen molar-refractivity contribution in [2.24, 2.45) is 0 Å². The molecule has 0 aliphatic heterocycles. The number of halogens is 4. The second kappa shape index (κ2) is 3.19. The summed E-state index contributed by atoms with van der Waals surface area (Å²) in [6, 6.07) is 4.05. The molecule has 0 unspecified atom stereocenters. The van der Waals surface area contributed by atoms with Crippen LogP contribution in [-0.2, 0) is 0 Å². The van der Waals surface area contributed by atoms with Crippen LogP contribution in [0.1, 0.15) is 0 Å². The van der Waals surface area contributed by atoms with Crippen molar-refractivity contribution in [1.29, 1.82) is 0 Å². The molecular formula is C6HCl4. The van der Waals surface area contributed by atoms with Crippen LogP contribution in [0.15, 0.2) is 6.07 Å². The van der Waals surface area contributed by atoms with E-state index in [1.165, 1.54) is 6.07 Å². The molecule has 0 aromatic heterocycles. The Bertz CT molecular complexity index is 206. The lowest BCUT2D eigenvalue weighted by atomic mass is 10.4. The van der Waals surface area contributed by atoms with Crippen molar-refractivity contribution in [1.82, 2.24) is 0 Å². The first-order valence-corrected chi connectivity index (χ1v) is 3.85. The molecule has 0 fully saturated rings. The third-order valence-electron chi connectivity index (χ3n) is 0.892. The van der Waals surface area contributed by atoms with Crippen molar-refractivity contribution in [3.05, 3.63) is 32.2 Å². The maximum absolute atomic E-state index is 5.58. The van der Waals surface area contributed by atoms with Gasteiger partial charge in [0.2, 0.25) is 0 Å². The molecule has 0 saturated heterocycles. The summed E-state index contributed by atoms with van der Waals surface area (Å²) in [7, 11) is 0. The minimum atomic E-state index is 0.288. The smallest absolute Gasteiger partial charge is 0.0687 e. The van der Waals surface area contributed by atoms with E-state index in [0.717, 1.165) is 0 Å². The van der Waals surface area contributed by atoms with Crippen LogP contribution in [0, 0.1) is 6.07 Å². The van der Waals surface area contributed by atoms with Gasteiger partial charge in [-0.3, -0.25) is 0 Å². The highest BCUT2D eigenvalue weighted by molar-refractivity contribution is 6.46. The highest BCUT2D eigenvalue weighted by Gasteiger charge is 2.02. The van der Waals surface area contributed by atoms with Gasteiger partial charge < -0.3 is 0 Å². The minimum Gasteiger partial charge on any atom is -0.0826 e. The highest BCUT2D eigenvalue weighted by atomic mass is 35.5. The van der Waals surface area contributed by atoms with Crippen LogP contribution in [0.25, 0.3) is 0 Å². The highest BCUT2D eigenvalue weighted by Crippen LogP contribution is 2.30. The molecule has 10 heavy (non-hydrogen) atoms. The summed E-state index contributed by atoms with van der Waals surface area (Å²) in [5.74, 6) is 0. The summed E-state index contributed by atoms with van der Waals surface area (Å²) in [6.45, 7) is 0. The fraction of sp³-hybridized carbons (Fsp3) is 0. The summed E-state index contributed by atoms with van der Waals surface area (Å²) in [5, 5.41) is 1.29. The molecule has 0 saturated carbocycles. The van der Waals surface area contributed by atoms with Gasteiger partial charge in [-0.1, -0.05) is 46.4 Å². The lowest BCUT2D eigenvalue weighted by Crippen LogP contribution is -1.71. The zero-order chi connectivity index (χ0) is 7.72. The van der Waals surface area contributed by atoms with Gasteiger partial charge in [-0.05, 0) is 6.07 Å². The van der Waals surface area contributed by atoms with Crippen LogP contribution in [0.4, 0.5) is 0 Å². The van der Waals surface area contributed by atoms with Crippen molar-refractivity contribution >= 4 is 46.4 Å². The minimum absolute atomic E-state index is 0.288. The molecule has 53 valence electrons.